The van der Waals surface area contributed by atoms with Gasteiger partial charge in [-0.25, -0.2) is 19.3 Å². The summed E-state index contributed by atoms with van der Waals surface area (Å²) in [6.45, 7) is 3.58. The molecule has 3 aromatic rings. The molecule has 2 N–H and O–H groups in total. The molecule has 0 bridgehead atoms. The van der Waals surface area contributed by atoms with Crippen molar-refractivity contribution in [3.05, 3.63) is 65.0 Å². The highest BCUT2D eigenvalue weighted by Crippen LogP contribution is 2.41. The van der Waals surface area contributed by atoms with Crippen LogP contribution in [0.2, 0.25) is 10.0 Å². The molecule has 0 atom stereocenters. The Labute approximate surface area is 172 Å². The number of nitrogens with one attached hydrogen (secondary N) is 2. The normalized spacial score (nSPS) is 11.1. The summed E-state index contributed by atoms with van der Waals surface area (Å²) in [5.74, 6) is -1.49. The van der Waals surface area contributed by atoms with Gasteiger partial charge in [-0.05, 0) is 6.07 Å². The molecule has 0 unspecified atom stereocenters. The van der Waals surface area contributed by atoms with Gasteiger partial charge in [0.15, 0.2) is 17.3 Å². The summed E-state index contributed by atoms with van der Waals surface area (Å²) < 4.78 is 21.7. The summed E-state index contributed by atoms with van der Waals surface area (Å²) in [4.78, 5) is 41.2. The van der Waals surface area contributed by atoms with Crippen molar-refractivity contribution in [1.82, 2.24) is 24.7 Å². The molecule has 1 aromatic carbocycles. The second-order valence-electron chi connectivity index (χ2n) is 6.36. The van der Waals surface area contributed by atoms with E-state index in [0.29, 0.717) is 0 Å². The minimum atomic E-state index is -1.04. The lowest BCUT2D eigenvalue weighted by atomic mass is 10.1. The number of hydrogen-bond acceptors (Lipinski definition) is 6. The second kappa shape index (κ2) is 7.80. The first-order valence-electron chi connectivity index (χ1n) is 8.22. The Balaban J connectivity index is 2.11. The smallest absolute Gasteiger partial charge is 0.342 e. The Morgan fingerprint density at radius 2 is 1.93 bits per heavy atom. The van der Waals surface area contributed by atoms with Crippen LogP contribution in [0.1, 0.15) is 25.5 Å². The number of halogens is 3. The van der Waals surface area contributed by atoms with Crippen molar-refractivity contribution in [2.24, 2.45) is 7.05 Å². The van der Waals surface area contributed by atoms with Gasteiger partial charge in [-0.15, -0.1) is 0 Å². The lowest BCUT2D eigenvalue weighted by molar-refractivity contribution is 0.446. The standard InChI is InChI=1S/C17H14Cl2FN5O4/c1-6(2)12-16(27)25(3)5-9(21-12)29-14-8(18)4-7(11(20)10(14)19)13-15(26)22-17(28)24-23-13/h4-6H,1-3H3,(H2,22,24,26,28). The maximum atomic E-state index is 14.8. The molecule has 0 aliphatic carbocycles. The van der Waals surface area contributed by atoms with E-state index in [4.69, 9.17) is 27.9 Å². The van der Waals surface area contributed by atoms with E-state index in [1.54, 1.807) is 13.8 Å². The molecule has 3 rings (SSSR count). The first kappa shape index (κ1) is 20.7. The summed E-state index contributed by atoms with van der Waals surface area (Å²) in [6.07, 6.45) is 1.31. The Kier molecular flexibility index (Phi) is 5.58. The van der Waals surface area contributed by atoms with Crippen LogP contribution in [0.15, 0.2) is 26.6 Å². The third kappa shape index (κ3) is 3.94. The number of aryl methyl sites for hydroxylation is 1. The van der Waals surface area contributed by atoms with E-state index in [2.05, 4.69) is 10.1 Å². The summed E-state index contributed by atoms with van der Waals surface area (Å²) in [7, 11) is 1.52. The van der Waals surface area contributed by atoms with E-state index in [1.165, 1.54) is 17.8 Å². The van der Waals surface area contributed by atoms with Crippen LogP contribution in [0.3, 0.4) is 0 Å². The van der Waals surface area contributed by atoms with Crippen LogP contribution in [-0.4, -0.2) is 24.7 Å². The molecule has 12 heteroatoms. The number of nitrogens with zero attached hydrogens (tertiary/aromatic N) is 3. The number of H-pyrrole nitrogens is 2. The molecule has 0 spiro atoms. The van der Waals surface area contributed by atoms with Crippen LogP contribution in [0.25, 0.3) is 11.3 Å². The van der Waals surface area contributed by atoms with Crippen molar-refractivity contribution in [3.63, 3.8) is 0 Å². The molecule has 0 fully saturated rings. The molecule has 0 radical (unpaired) electrons. The van der Waals surface area contributed by atoms with Crippen LogP contribution in [-0.2, 0) is 7.05 Å². The van der Waals surface area contributed by atoms with E-state index in [0.717, 1.165) is 6.07 Å². The van der Waals surface area contributed by atoms with Gasteiger partial charge in [-0.2, -0.15) is 5.10 Å². The van der Waals surface area contributed by atoms with E-state index in [9.17, 15) is 18.8 Å². The van der Waals surface area contributed by atoms with E-state index in [-0.39, 0.29) is 39.4 Å². The molecule has 0 saturated carbocycles. The van der Waals surface area contributed by atoms with E-state index >= 15 is 0 Å². The monoisotopic (exact) mass is 441 g/mol. The lowest BCUT2D eigenvalue weighted by Crippen LogP contribution is -2.25. The summed E-state index contributed by atoms with van der Waals surface area (Å²) in [6, 6.07) is 1.08. The Hall–Kier alpha value is -2.98. The molecule has 0 amide bonds. The van der Waals surface area contributed by atoms with Crippen LogP contribution < -0.4 is 21.5 Å². The average Bonchev–Trinajstić information content (AvgIpc) is 2.64. The molecule has 2 aromatic heterocycles. The molecule has 2 heterocycles. The van der Waals surface area contributed by atoms with E-state index in [1.807, 2.05) is 10.1 Å². The predicted molar refractivity (Wildman–Crippen MR) is 105 cm³/mol. The highest BCUT2D eigenvalue weighted by atomic mass is 35.5. The zero-order valence-electron chi connectivity index (χ0n) is 15.3. The zero-order chi connectivity index (χ0) is 21.5. The van der Waals surface area contributed by atoms with Gasteiger partial charge in [-0.1, -0.05) is 37.0 Å². The van der Waals surface area contributed by atoms with Gasteiger partial charge in [0.2, 0.25) is 5.88 Å². The Morgan fingerprint density at radius 3 is 2.55 bits per heavy atom. The van der Waals surface area contributed by atoms with Crippen LogP contribution in [0.4, 0.5) is 4.39 Å². The van der Waals surface area contributed by atoms with Crippen molar-refractivity contribution >= 4 is 23.2 Å². The average molecular weight is 442 g/mol. The Bertz CT molecular complexity index is 1280. The maximum absolute atomic E-state index is 14.8. The minimum absolute atomic E-state index is 0.0215. The highest BCUT2D eigenvalue weighted by molar-refractivity contribution is 6.37. The van der Waals surface area contributed by atoms with Crippen molar-refractivity contribution < 1.29 is 9.13 Å². The van der Waals surface area contributed by atoms with Crippen LogP contribution in [0, 0.1) is 5.82 Å². The first-order valence-corrected chi connectivity index (χ1v) is 8.98. The number of benzene rings is 1. The van der Waals surface area contributed by atoms with Gasteiger partial charge >= 0.3 is 5.69 Å². The SMILES string of the molecule is CC(C)c1nc(Oc2c(Cl)cc(-c3n[nH]c(=O)[nH]c3=O)c(F)c2Cl)cn(C)c1=O. The molecular weight excluding hydrogens is 428 g/mol. The van der Waals surface area contributed by atoms with Crippen LogP contribution >= 0.6 is 23.2 Å². The van der Waals surface area contributed by atoms with Crippen molar-refractivity contribution in [3.8, 4) is 22.9 Å². The predicted octanol–water partition coefficient (Wildman–Crippen LogP) is 2.58. The van der Waals surface area contributed by atoms with Gasteiger partial charge < -0.3 is 9.30 Å². The molecule has 0 saturated heterocycles. The van der Waals surface area contributed by atoms with Crippen LogP contribution in [0.5, 0.6) is 11.6 Å². The molecule has 9 nitrogen and oxygen atoms in total. The Morgan fingerprint density at radius 1 is 1.24 bits per heavy atom. The van der Waals surface area contributed by atoms with Gasteiger partial charge in [0.25, 0.3) is 11.1 Å². The molecule has 0 aliphatic heterocycles. The molecule has 152 valence electrons. The molecular formula is C17H14Cl2FN5O4. The fourth-order valence-corrected chi connectivity index (χ4v) is 3.04. The van der Waals surface area contributed by atoms with Crippen molar-refractivity contribution in [2.45, 2.75) is 19.8 Å². The van der Waals surface area contributed by atoms with Gasteiger partial charge in [0, 0.05) is 18.5 Å². The number of ether oxygens (including phenoxy) is 1. The van der Waals surface area contributed by atoms with Gasteiger partial charge in [0.1, 0.15) is 10.7 Å². The number of hydrogen-bond donors (Lipinski definition) is 2. The lowest BCUT2D eigenvalue weighted by Gasteiger charge is -2.14. The first-order chi connectivity index (χ1) is 13.6. The fourth-order valence-electron chi connectivity index (χ4n) is 2.50. The molecule has 29 heavy (non-hydrogen) atoms. The topological polar surface area (TPSA) is 123 Å². The summed E-state index contributed by atoms with van der Waals surface area (Å²) in [5, 5.41) is 4.86. The highest BCUT2D eigenvalue weighted by Gasteiger charge is 2.23. The number of aromatic nitrogens is 5. The summed E-state index contributed by atoms with van der Waals surface area (Å²) >= 11 is 12.2. The van der Waals surface area contributed by atoms with Crippen molar-refractivity contribution in [1.29, 1.82) is 0 Å². The summed E-state index contributed by atoms with van der Waals surface area (Å²) in [5.41, 5.74) is -2.57. The number of rotatable bonds is 4. The largest absolute Gasteiger partial charge is 0.434 e. The zero-order valence-corrected chi connectivity index (χ0v) is 16.9. The fraction of sp³-hybridized carbons (Fsp3) is 0.235. The second-order valence-corrected chi connectivity index (χ2v) is 7.14. The quantitative estimate of drug-likeness (QED) is 0.599. The van der Waals surface area contributed by atoms with Crippen molar-refractivity contribution in [2.75, 3.05) is 0 Å². The van der Waals surface area contributed by atoms with Gasteiger partial charge in [0.05, 0.1) is 11.2 Å². The third-order valence-corrected chi connectivity index (χ3v) is 4.53. The molecule has 0 aliphatic rings. The van der Waals surface area contributed by atoms with Gasteiger partial charge in [-0.3, -0.25) is 14.6 Å². The maximum Gasteiger partial charge on any atom is 0.342 e. The number of aromatic amines is 2. The minimum Gasteiger partial charge on any atom is -0.434 e. The van der Waals surface area contributed by atoms with E-state index < -0.39 is 27.8 Å². The third-order valence-electron chi connectivity index (χ3n) is 3.91.